The lowest BCUT2D eigenvalue weighted by Crippen LogP contribution is -2.44. The molecule has 0 radical (unpaired) electrons. The summed E-state index contributed by atoms with van der Waals surface area (Å²) in [6.07, 6.45) is 4.26. The van der Waals surface area contributed by atoms with Gasteiger partial charge < -0.3 is 4.74 Å². The minimum absolute atomic E-state index is 0.290. The lowest BCUT2D eigenvalue weighted by atomic mass is 9.84. The zero-order valence-corrected chi connectivity index (χ0v) is 17.0. The molecule has 0 aromatic heterocycles. The maximum absolute atomic E-state index is 12.9. The topological polar surface area (TPSA) is 55.4 Å². The van der Waals surface area contributed by atoms with Gasteiger partial charge in [-0.25, -0.2) is 13.1 Å². The molecule has 0 spiro atoms. The van der Waals surface area contributed by atoms with Gasteiger partial charge in [0.1, 0.15) is 11.4 Å². The van der Waals surface area contributed by atoms with Gasteiger partial charge in [0.25, 0.3) is 0 Å². The molecule has 3 rings (SSSR count). The van der Waals surface area contributed by atoms with Crippen LogP contribution in [-0.4, -0.2) is 20.3 Å². The molecular formula is C20H25NO3S2. The van der Waals surface area contributed by atoms with Crippen molar-refractivity contribution in [1.82, 2.24) is 4.72 Å². The van der Waals surface area contributed by atoms with Gasteiger partial charge >= 0.3 is 0 Å². The number of hydrogen-bond donors (Lipinski definition) is 1. The molecule has 0 saturated heterocycles. The molecule has 140 valence electrons. The Kier molecular flexibility index (Phi) is 5.65. The molecule has 2 aromatic carbocycles. The van der Waals surface area contributed by atoms with E-state index in [2.05, 4.69) is 18.6 Å². The van der Waals surface area contributed by atoms with Gasteiger partial charge in [-0.2, -0.15) is 0 Å². The van der Waals surface area contributed by atoms with Gasteiger partial charge in [-0.05, 0) is 49.4 Å². The van der Waals surface area contributed by atoms with Crippen LogP contribution in [0.3, 0.4) is 0 Å². The van der Waals surface area contributed by atoms with Crippen LogP contribution in [0.4, 0.5) is 0 Å². The second kappa shape index (κ2) is 7.62. The Morgan fingerprint density at radius 3 is 2.38 bits per heavy atom. The van der Waals surface area contributed by atoms with Crippen molar-refractivity contribution >= 4 is 21.8 Å². The van der Waals surface area contributed by atoms with Crippen LogP contribution in [0.25, 0.3) is 0 Å². The maximum Gasteiger partial charge on any atom is 0.241 e. The quantitative estimate of drug-likeness (QED) is 0.721. The number of fused-ring (bicyclic) bond motifs is 1. The first kappa shape index (κ1) is 19.3. The normalized spacial score (nSPS) is 18.8. The lowest BCUT2D eigenvalue weighted by molar-refractivity contribution is 0.0260. The SMILES string of the molecule is CCC1(CC)C[C@H](NS(=O)(=O)c2ccc(SC)cc2)c2ccccc2O1. The fraction of sp³-hybridized carbons (Fsp3) is 0.400. The minimum Gasteiger partial charge on any atom is -0.487 e. The third kappa shape index (κ3) is 3.77. The molecule has 0 unspecified atom stereocenters. The van der Waals surface area contributed by atoms with Crippen LogP contribution in [0.1, 0.15) is 44.7 Å². The molecule has 6 heteroatoms. The standard InChI is InChI=1S/C20H25NO3S2/c1-4-20(5-2)14-18(17-8-6-7-9-19(17)24-20)21-26(22,23)16-12-10-15(25-3)11-13-16/h6-13,18,21H,4-5,14H2,1-3H3/t18-/m0/s1. The molecule has 1 heterocycles. The zero-order valence-electron chi connectivity index (χ0n) is 15.4. The van der Waals surface area contributed by atoms with Crippen LogP contribution >= 0.6 is 11.8 Å². The molecule has 0 amide bonds. The number of thioether (sulfide) groups is 1. The molecule has 4 nitrogen and oxygen atoms in total. The van der Waals surface area contributed by atoms with Gasteiger partial charge in [-0.15, -0.1) is 11.8 Å². The van der Waals surface area contributed by atoms with E-state index < -0.39 is 10.0 Å². The molecule has 2 aromatic rings. The van der Waals surface area contributed by atoms with E-state index in [9.17, 15) is 8.42 Å². The molecular weight excluding hydrogens is 366 g/mol. The van der Waals surface area contributed by atoms with Gasteiger partial charge in [0.2, 0.25) is 10.0 Å². The highest BCUT2D eigenvalue weighted by Gasteiger charge is 2.39. The Labute approximate surface area is 160 Å². The number of rotatable bonds is 6. The van der Waals surface area contributed by atoms with Crippen LogP contribution in [0.5, 0.6) is 5.75 Å². The highest BCUT2D eigenvalue weighted by Crippen LogP contribution is 2.43. The molecule has 1 N–H and O–H groups in total. The highest BCUT2D eigenvalue weighted by atomic mass is 32.2. The molecule has 0 saturated carbocycles. The Morgan fingerprint density at radius 2 is 1.77 bits per heavy atom. The van der Waals surface area contributed by atoms with Gasteiger partial charge in [0, 0.05) is 16.9 Å². The lowest BCUT2D eigenvalue weighted by Gasteiger charge is -2.41. The van der Waals surface area contributed by atoms with Crippen LogP contribution in [-0.2, 0) is 10.0 Å². The molecule has 1 atom stereocenters. The maximum atomic E-state index is 12.9. The van der Waals surface area contributed by atoms with Crippen LogP contribution < -0.4 is 9.46 Å². The molecule has 1 aliphatic rings. The molecule has 0 bridgehead atoms. The van der Waals surface area contributed by atoms with Gasteiger partial charge in [0.15, 0.2) is 0 Å². The average molecular weight is 392 g/mol. The summed E-state index contributed by atoms with van der Waals surface area (Å²) in [5.41, 5.74) is 0.555. The fourth-order valence-corrected chi connectivity index (χ4v) is 5.04. The zero-order chi connectivity index (χ0) is 18.8. The molecule has 0 aliphatic carbocycles. The predicted octanol–water partition coefficient (Wildman–Crippen LogP) is 4.77. The van der Waals surface area contributed by atoms with E-state index >= 15 is 0 Å². The minimum atomic E-state index is -3.61. The van der Waals surface area contributed by atoms with Crippen molar-refractivity contribution in [2.24, 2.45) is 0 Å². The van der Waals surface area contributed by atoms with E-state index in [4.69, 9.17) is 4.74 Å². The van der Waals surface area contributed by atoms with E-state index in [1.165, 1.54) is 0 Å². The number of para-hydroxylation sites is 1. The second-order valence-electron chi connectivity index (χ2n) is 6.58. The Morgan fingerprint density at radius 1 is 1.12 bits per heavy atom. The molecule has 26 heavy (non-hydrogen) atoms. The van der Waals surface area contributed by atoms with E-state index in [1.54, 1.807) is 23.9 Å². The van der Waals surface area contributed by atoms with Crippen molar-refractivity contribution < 1.29 is 13.2 Å². The van der Waals surface area contributed by atoms with Gasteiger partial charge in [-0.1, -0.05) is 32.0 Å². The number of nitrogens with one attached hydrogen (secondary N) is 1. The number of ether oxygens (including phenoxy) is 1. The third-order valence-corrected chi connectivity index (χ3v) is 7.38. The summed E-state index contributed by atoms with van der Waals surface area (Å²) >= 11 is 1.59. The van der Waals surface area contributed by atoms with Gasteiger partial charge in [-0.3, -0.25) is 0 Å². The summed E-state index contributed by atoms with van der Waals surface area (Å²) in [5.74, 6) is 0.771. The van der Waals surface area contributed by atoms with Crippen LogP contribution in [0, 0.1) is 0 Å². The second-order valence-corrected chi connectivity index (χ2v) is 9.18. The van der Waals surface area contributed by atoms with Gasteiger partial charge in [0.05, 0.1) is 10.9 Å². The van der Waals surface area contributed by atoms with E-state index in [1.807, 2.05) is 42.7 Å². The average Bonchev–Trinajstić information content (AvgIpc) is 2.67. The van der Waals surface area contributed by atoms with Crippen molar-refractivity contribution in [1.29, 1.82) is 0 Å². The summed E-state index contributed by atoms with van der Waals surface area (Å²) in [4.78, 5) is 1.33. The Bertz CT molecular complexity index is 859. The number of benzene rings is 2. The molecule has 1 aliphatic heterocycles. The number of hydrogen-bond acceptors (Lipinski definition) is 4. The number of sulfonamides is 1. The summed E-state index contributed by atoms with van der Waals surface area (Å²) in [5, 5.41) is 0. The first-order valence-corrected chi connectivity index (χ1v) is 11.6. The predicted molar refractivity (Wildman–Crippen MR) is 106 cm³/mol. The monoisotopic (exact) mass is 391 g/mol. The summed E-state index contributed by atoms with van der Waals surface area (Å²) in [6, 6.07) is 14.4. The summed E-state index contributed by atoms with van der Waals surface area (Å²) in [6.45, 7) is 4.17. The van der Waals surface area contributed by atoms with E-state index in [0.29, 0.717) is 6.42 Å². The first-order valence-electron chi connectivity index (χ1n) is 8.87. The third-order valence-electron chi connectivity index (χ3n) is 5.15. The van der Waals surface area contributed by atoms with Crippen molar-refractivity contribution in [2.75, 3.05) is 6.26 Å². The van der Waals surface area contributed by atoms with Crippen LogP contribution in [0.2, 0.25) is 0 Å². The van der Waals surface area contributed by atoms with Crippen molar-refractivity contribution in [3.8, 4) is 5.75 Å². The Balaban J connectivity index is 1.94. The summed E-state index contributed by atoms with van der Waals surface area (Å²) < 4.78 is 35.1. The van der Waals surface area contributed by atoms with E-state index in [0.717, 1.165) is 29.1 Å². The fourth-order valence-electron chi connectivity index (χ4n) is 3.42. The smallest absolute Gasteiger partial charge is 0.241 e. The van der Waals surface area contributed by atoms with Crippen molar-refractivity contribution in [3.05, 3.63) is 54.1 Å². The largest absolute Gasteiger partial charge is 0.487 e. The highest BCUT2D eigenvalue weighted by molar-refractivity contribution is 7.98. The summed E-state index contributed by atoms with van der Waals surface area (Å²) in [7, 11) is -3.61. The van der Waals surface area contributed by atoms with E-state index in [-0.39, 0.29) is 16.5 Å². The van der Waals surface area contributed by atoms with Crippen molar-refractivity contribution in [3.63, 3.8) is 0 Å². The first-order chi connectivity index (χ1) is 12.4. The van der Waals surface area contributed by atoms with Crippen LogP contribution in [0.15, 0.2) is 58.3 Å². The Hall–Kier alpha value is -1.50. The van der Waals surface area contributed by atoms with Crippen molar-refractivity contribution in [2.45, 2.75) is 54.5 Å². The molecule has 0 fully saturated rings.